The Balaban J connectivity index is 1.74. The van der Waals surface area contributed by atoms with Crippen LogP contribution in [-0.4, -0.2) is 24.4 Å². The van der Waals surface area contributed by atoms with Crippen LogP contribution < -0.4 is 0 Å². The third-order valence-electron chi connectivity index (χ3n) is 4.32. The summed E-state index contributed by atoms with van der Waals surface area (Å²) in [7, 11) is 1.69. The number of hydrogen-bond donors (Lipinski definition) is 1. The van der Waals surface area contributed by atoms with Crippen LogP contribution >= 0.6 is 0 Å². The molecule has 2 saturated carbocycles. The van der Waals surface area contributed by atoms with E-state index >= 15 is 0 Å². The molecule has 0 saturated heterocycles. The van der Waals surface area contributed by atoms with Gasteiger partial charge in [0.2, 0.25) is 0 Å². The molecule has 2 heteroatoms. The lowest BCUT2D eigenvalue weighted by Crippen LogP contribution is -2.39. The van der Waals surface area contributed by atoms with Crippen molar-refractivity contribution in [3.05, 3.63) is 35.9 Å². The molecule has 2 fully saturated rings. The lowest BCUT2D eigenvalue weighted by Gasteiger charge is -2.28. The minimum absolute atomic E-state index is 0.400. The highest BCUT2D eigenvalue weighted by molar-refractivity contribution is 5.28. The van der Waals surface area contributed by atoms with Crippen molar-refractivity contribution in [2.24, 2.45) is 11.8 Å². The van der Waals surface area contributed by atoms with Gasteiger partial charge in [0.15, 0.2) is 0 Å². The summed E-state index contributed by atoms with van der Waals surface area (Å²) in [5.41, 5.74) is 0.794. The van der Waals surface area contributed by atoms with Gasteiger partial charge in [-0.25, -0.2) is 0 Å². The summed E-state index contributed by atoms with van der Waals surface area (Å²) in [4.78, 5) is 0. The van der Waals surface area contributed by atoms with E-state index in [2.05, 4.69) is 24.3 Å². The van der Waals surface area contributed by atoms with Crippen LogP contribution in [0.1, 0.15) is 30.7 Å². The molecule has 3 rings (SSSR count). The van der Waals surface area contributed by atoms with E-state index in [9.17, 15) is 5.11 Å². The predicted octanol–water partition coefficient (Wildman–Crippen LogP) is 2.58. The summed E-state index contributed by atoms with van der Waals surface area (Å²) in [6, 6.07) is 10.5. The Morgan fingerprint density at radius 3 is 2.59 bits per heavy atom. The summed E-state index contributed by atoms with van der Waals surface area (Å²) in [6.07, 6.45) is 3.44. The van der Waals surface area contributed by atoms with Crippen LogP contribution in [0.4, 0.5) is 0 Å². The van der Waals surface area contributed by atoms with Crippen molar-refractivity contribution in [3.63, 3.8) is 0 Å². The molecule has 0 radical (unpaired) electrons. The molecule has 0 spiro atoms. The van der Waals surface area contributed by atoms with Gasteiger partial charge in [-0.1, -0.05) is 30.3 Å². The molecule has 2 aliphatic carbocycles. The van der Waals surface area contributed by atoms with Gasteiger partial charge in [0.1, 0.15) is 0 Å². The smallest absolute Gasteiger partial charge is 0.0941 e. The fraction of sp³-hybridized carbons (Fsp3) is 0.600. The summed E-state index contributed by atoms with van der Waals surface area (Å²) >= 11 is 0. The molecule has 1 aromatic rings. The second kappa shape index (κ2) is 4.11. The zero-order chi connectivity index (χ0) is 11.9. The molecular formula is C15H20O2. The fourth-order valence-electron chi connectivity index (χ4n) is 3.16. The number of rotatable bonds is 5. The third-order valence-corrected chi connectivity index (χ3v) is 4.32. The topological polar surface area (TPSA) is 29.5 Å². The average Bonchev–Trinajstić information content (AvgIpc) is 3.20. The van der Waals surface area contributed by atoms with E-state index in [0.717, 1.165) is 19.3 Å². The second-order valence-corrected chi connectivity index (χ2v) is 5.56. The lowest BCUT2D eigenvalue weighted by molar-refractivity contribution is -0.0659. The largest absolute Gasteiger partial charge is 0.387 e. The molecule has 3 unspecified atom stereocenters. The van der Waals surface area contributed by atoms with Crippen LogP contribution in [-0.2, 0) is 4.74 Å². The Morgan fingerprint density at radius 1 is 1.29 bits per heavy atom. The normalized spacial score (nSPS) is 30.9. The molecule has 0 bridgehead atoms. The standard InChI is InChI=1S/C15H20O2/c1-17-10-15(16,12-7-8-12)14-9-13(14)11-5-3-2-4-6-11/h2-6,12-14,16H,7-10H2,1H3. The van der Waals surface area contributed by atoms with Crippen molar-refractivity contribution in [1.82, 2.24) is 0 Å². The SMILES string of the molecule is COCC(O)(C1CC1)C1CC1c1ccccc1. The molecule has 3 atom stereocenters. The molecule has 1 N–H and O–H groups in total. The van der Waals surface area contributed by atoms with Gasteiger partial charge in [0, 0.05) is 7.11 Å². The van der Waals surface area contributed by atoms with Crippen molar-refractivity contribution in [3.8, 4) is 0 Å². The molecule has 92 valence electrons. The van der Waals surface area contributed by atoms with Crippen molar-refractivity contribution in [2.75, 3.05) is 13.7 Å². The Morgan fingerprint density at radius 2 is 2.00 bits per heavy atom. The highest BCUT2D eigenvalue weighted by Crippen LogP contribution is 2.59. The van der Waals surface area contributed by atoms with E-state index in [4.69, 9.17) is 4.74 Å². The van der Waals surface area contributed by atoms with Gasteiger partial charge in [-0.15, -0.1) is 0 Å². The third kappa shape index (κ3) is 2.00. The van der Waals surface area contributed by atoms with Crippen LogP contribution in [0.15, 0.2) is 30.3 Å². The van der Waals surface area contributed by atoms with Crippen molar-refractivity contribution in [2.45, 2.75) is 30.8 Å². The monoisotopic (exact) mass is 232 g/mol. The maximum atomic E-state index is 10.8. The zero-order valence-corrected chi connectivity index (χ0v) is 10.3. The molecule has 17 heavy (non-hydrogen) atoms. The average molecular weight is 232 g/mol. The number of aliphatic hydroxyl groups is 1. The predicted molar refractivity (Wildman–Crippen MR) is 66.8 cm³/mol. The van der Waals surface area contributed by atoms with Gasteiger partial charge in [0.25, 0.3) is 0 Å². The molecule has 0 amide bonds. The van der Waals surface area contributed by atoms with E-state index in [1.807, 2.05) is 6.07 Å². The highest BCUT2D eigenvalue weighted by Gasteiger charge is 2.58. The van der Waals surface area contributed by atoms with Gasteiger partial charge in [-0.2, -0.15) is 0 Å². The number of hydrogen-bond acceptors (Lipinski definition) is 2. The van der Waals surface area contributed by atoms with Gasteiger partial charge in [0.05, 0.1) is 12.2 Å². The van der Waals surface area contributed by atoms with Crippen LogP contribution in [0.25, 0.3) is 0 Å². The Bertz CT molecular complexity index is 385. The maximum Gasteiger partial charge on any atom is 0.0941 e. The van der Waals surface area contributed by atoms with Gasteiger partial charge in [-0.3, -0.25) is 0 Å². The quantitative estimate of drug-likeness (QED) is 0.845. The number of methoxy groups -OCH3 is 1. The first kappa shape index (κ1) is 11.2. The first-order chi connectivity index (χ1) is 8.25. The Kier molecular flexibility index (Phi) is 2.72. The van der Waals surface area contributed by atoms with Gasteiger partial charge in [-0.05, 0) is 42.6 Å². The van der Waals surface area contributed by atoms with E-state index < -0.39 is 5.60 Å². The van der Waals surface area contributed by atoms with Gasteiger partial charge < -0.3 is 9.84 Å². The highest BCUT2D eigenvalue weighted by atomic mass is 16.5. The molecular weight excluding hydrogens is 212 g/mol. The fourth-order valence-corrected chi connectivity index (χ4v) is 3.16. The Labute approximate surface area is 103 Å². The minimum atomic E-state index is -0.574. The van der Waals surface area contributed by atoms with E-state index in [1.54, 1.807) is 7.11 Å². The number of benzene rings is 1. The maximum absolute atomic E-state index is 10.8. The molecule has 2 nitrogen and oxygen atoms in total. The first-order valence-corrected chi connectivity index (χ1v) is 6.52. The lowest BCUT2D eigenvalue weighted by atomic mass is 9.90. The number of ether oxygens (including phenoxy) is 1. The summed E-state index contributed by atoms with van der Waals surface area (Å²) in [5, 5.41) is 10.8. The molecule has 1 aromatic carbocycles. The molecule has 0 aromatic heterocycles. The van der Waals surface area contributed by atoms with Crippen LogP contribution in [0.2, 0.25) is 0 Å². The van der Waals surface area contributed by atoms with E-state index in [-0.39, 0.29) is 0 Å². The molecule has 0 aliphatic heterocycles. The van der Waals surface area contributed by atoms with Crippen molar-refractivity contribution in [1.29, 1.82) is 0 Å². The first-order valence-electron chi connectivity index (χ1n) is 6.52. The molecule has 2 aliphatic rings. The summed E-state index contributed by atoms with van der Waals surface area (Å²) in [6.45, 7) is 0.492. The van der Waals surface area contributed by atoms with Crippen LogP contribution in [0.5, 0.6) is 0 Å². The summed E-state index contributed by atoms with van der Waals surface area (Å²) in [5.74, 6) is 1.41. The van der Waals surface area contributed by atoms with E-state index in [0.29, 0.717) is 24.4 Å². The molecule has 0 heterocycles. The van der Waals surface area contributed by atoms with Crippen molar-refractivity contribution < 1.29 is 9.84 Å². The van der Waals surface area contributed by atoms with Crippen LogP contribution in [0.3, 0.4) is 0 Å². The zero-order valence-electron chi connectivity index (χ0n) is 10.3. The minimum Gasteiger partial charge on any atom is -0.387 e. The second-order valence-electron chi connectivity index (χ2n) is 5.56. The van der Waals surface area contributed by atoms with E-state index in [1.165, 1.54) is 5.56 Å². The van der Waals surface area contributed by atoms with Crippen LogP contribution in [0, 0.1) is 11.8 Å². The van der Waals surface area contributed by atoms with Crippen molar-refractivity contribution >= 4 is 0 Å². The Hall–Kier alpha value is -0.860. The summed E-state index contributed by atoms with van der Waals surface area (Å²) < 4.78 is 5.24. The van der Waals surface area contributed by atoms with Gasteiger partial charge >= 0.3 is 0 Å².